The van der Waals surface area contributed by atoms with Gasteiger partial charge in [-0.15, -0.1) is 0 Å². The molecule has 0 aliphatic heterocycles. The van der Waals surface area contributed by atoms with E-state index in [1.54, 1.807) is 13.1 Å². The second-order valence-corrected chi connectivity index (χ2v) is 4.48. The van der Waals surface area contributed by atoms with E-state index in [2.05, 4.69) is 10.6 Å². The molecule has 0 radical (unpaired) electrons. The molecule has 0 spiro atoms. The van der Waals surface area contributed by atoms with Crippen molar-refractivity contribution in [1.82, 2.24) is 5.32 Å². The molecule has 1 heterocycles. The molecule has 5 heteroatoms. The van der Waals surface area contributed by atoms with Gasteiger partial charge in [-0.05, 0) is 41.4 Å². The fraction of sp³-hybridized carbons (Fsp3) is 0.214. The summed E-state index contributed by atoms with van der Waals surface area (Å²) < 4.78 is 5.25. The van der Waals surface area contributed by atoms with E-state index in [1.165, 1.54) is 0 Å². The van der Waals surface area contributed by atoms with Crippen LogP contribution in [0.4, 0.5) is 5.69 Å². The van der Waals surface area contributed by atoms with E-state index in [4.69, 9.17) is 16.0 Å². The Balaban J connectivity index is 1.89. The zero-order chi connectivity index (χ0) is 13.7. The molecule has 1 aromatic heterocycles. The molecular formula is C14H15ClN2O2. The summed E-state index contributed by atoms with van der Waals surface area (Å²) in [5, 5.41) is 6.20. The van der Waals surface area contributed by atoms with Crippen LogP contribution < -0.4 is 10.6 Å². The summed E-state index contributed by atoms with van der Waals surface area (Å²) >= 11 is 5.69. The molecule has 19 heavy (non-hydrogen) atoms. The number of halogens is 1. The first-order valence-electron chi connectivity index (χ1n) is 5.95. The van der Waals surface area contributed by atoms with Gasteiger partial charge in [-0.2, -0.15) is 0 Å². The van der Waals surface area contributed by atoms with Gasteiger partial charge in [-0.3, -0.25) is 4.79 Å². The van der Waals surface area contributed by atoms with Crippen molar-refractivity contribution in [3.63, 3.8) is 0 Å². The Bertz CT molecular complexity index is 549. The van der Waals surface area contributed by atoms with Gasteiger partial charge in [-0.25, -0.2) is 0 Å². The lowest BCUT2D eigenvalue weighted by molar-refractivity contribution is -0.119. The molecular weight excluding hydrogens is 264 g/mol. The molecule has 0 aliphatic rings. The van der Waals surface area contributed by atoms with Crippen molar-refractivity contribution in [2.75, 3.05) is 12.4 Å². The molecule has 2 rings (SSSR count). The van der Waals surface area contributed by atoms with Crippen LogP contribution in [0.3, 0.4) is 0 Å². The first kappa shape index (κ1) is 13.5. The highest BCUT2D eigenvalue weighted by Crippen LogP contribution is 2.15. The highest BCUT2D eigenvalue weighted by Gasteiger charge is 2.02. The lowest BCUT2D eigenvalue weighted by Gasteiger charge is -2.06. The van der Waals surface area contributed by atoms with Crippen LogP contribution in [0.2, 0.25) is 5.22 Å². The fourth-order valence-corrected chi connectivity index (χ4v) is 1.81. The number of carbonyl (C=O) groups is 1. The van der Waals surface area contributed by atoms with Crippen molar-refractivity contribution in [3.8, 4) is 0 Å². The third-order valence-electron chi connectivity index (χ3n) is 2.69. The number of benzene rings is 1. The molecule has 0 saturated carbocycles. The van der Waals surface area contributed by atoms with E-state index in [0.29, 0.717) is 18.2 Å². The first-order valence-corrected chi connectivity index (χ1v) is 6.33. The van der Waals surface area contributed by atoms with Gasteiger partial charge in [0.1, 0.15) is 5.76 Å². The van der Waals surface area contributed by atoms with Gasteiger partial charge in [0.05, 0.1) is 13.0 Å². The minimum atomic E-state index is 0.00550. The minimum absolute atomic E-state index is 0.00550. The zero-order valence-electron chi connectivity index (χ0n) is 10.6. The number of hydrogen-bond donors (Lipinski definition) is 2. The van der Waals surface area contributed by atoms with E-state index in [9.17, 15) is 4.79 Å². The summed E-state index contributed by atoms with van der Waals surface area (Å²) in [6, 6.07) is 11.3. The lowest BCUT2D eigenvalue weighted by Crippen LogP contribution is -2.19. The number of carbonyl (C=O) groups excluding carboxylic acids is 1. The second kappa shape index (κ2) is 6.29. The molecule has 0 atom stereocenters. The number of likely N-dealkylation sites (N-methyl/N-ethyl adjacent to an activating group) is 1. The predicted octanol–water partition coefficient (Wildman–Crippen LogP) is 2.83. The van der Waals surface area contributed by atoms with Crippen LogP contribution in [0.1, 0.15) is 11.3 Å². The average Bonchev–Trinajstić information content (AvgIpc) is 2.83. The Morgan fingerprint density at radius 3 is 2.53 bits per heavy atom. The van der Waals surface area contributed by atoms with Crippen LogP contribution in [0.5, 0.6) is 0 Å². The maximum atomic E-state index is 11.2. The molecule has 2 N–H and O–H groups in total. The van der Waals surface area contributed by atoms with E-state index < -0.39 is 0 Å². The molecule has 0 saturated heterocycles. The van der Waals surface area contributed by atoms with Gasteiger partial charge in [0.25, 0.3) is 0 Å². The summed E-state index contributed by atoms with van der Waals surface area (Å²) in [7, 11) is 1.63. The molecule has 2 aromatic rings. The Morgan fingerprint density at radius 2 is 1.95 bits per heavy atom. The SMILES string of the molecule is CNC(=O)Cc1ccc(NCc2ccc(Cl)o2)cc1. The number of amides is 1. The largest absolute Gasteiger partial charge is 0.448 e. The summed E-state index contributed by atoms with van der Waals surface area (Å²) in [6.07, 6.45) is 0.393. The summed E-state index contributed by atoms with van der Waals surface area (Å²) in [5.41, 5.74) is 1.94. The van der Waals surface area contributed by atoms with Gasteiger partial charge < -0.3 is 15.1 Å². The van der Waals surface area contributed by atoms with Crippen molar-refractivity contribution < 1.29 is 9.21 Å². The molecule has 1 amide bonds. The maximum Gasteiger partial charge on any atom is 0.224 e. The van der Waals surface area contributed by atoms with E-state index in [0.717, 1.165) is 17.0 Å². The third-order valence-corrected chi connectivity index (χ3v) is 2.90. The van der Waals surface area contributed by atoms with Crippen molar-refractivity contribution in [1.29, 1.82) is 0 Å². The Labute approximate surface area is 116 Å². The van der Waals surface area contributed by atoms with E-state index >= 15 is 0 Å². The quantitative estimate of drug-likeness (QED) is 0.884. The van der Waals surface area contributed by atoms with Gasteiger partial charge in [-0.1, -0.05) is 12.1 Å². The number of furan rings is 1. The summed E-state index contributed by atoms with van der Waals surface area (Å²) in [5.74, 6) is 0.783. The standard InChI is InChI=1S/C14H15ClN2O2/c1-16-14(18)8-10-2-4-11(5-3-10)17-9-12-6-7-13(15)19-12/h2-7,17H,8-9H2,1H3,(H,16,18). The molecule has 4 nitrogen and oxygen atoms in total. The smallest absolute Gasteiger partial charge is 0.224 e. The number of hydrogen-bond acceptors (Lipinski definition) is 3. The summed E-state index contributed by atoms with van der Waals surface area (Å²) in [6.45, 7) is 0.571. The topological polar surface area (TPSA) is 54.3 Å². The Morgan fingerprint density at radius 1 is 1.21 bits per heavy atom. The van der Waals surface area contributed by atoms with Gasteiger partial charge in [0, 0.05) is 12.7 Å². The van der Waals surface area contributed by atoms with Crippen LogP contribution in [0, 0.1) is 0 Å². The Hall–Kier alpha value is -1.94. The molecule has 0 unspecified atom stereocenters. The molecule has 100 valence electrons. The van der Waals surface area contributed by atoms with Crippen LogP contribution >= 0.6 is 11.6 Å². The van der Waals surface area contributed by atoms with Crippen molar-refractivity contribution in [2.45, 2.75) is 13.0 Å². The monoisotopic (exact) mass is 278 g/mol. The van der Waals surface area contributed by atoms with Crippen LogP contribution in [-0.4, -0.2) is 13.0 Å². The molecule has 0 fully saturated rings. The van der Waals surface area contributed by atoms with Crippen LogP contribution in [0.25, 0.3) is 0 Å². The molecule has 1 aromatic carbocycles. The first-order chi connectivity index (χ1) is 9.17. The summed E-state index contributed by atoms with van der Waals surface area (Å²) in [4.78, 5) is 11.2. The van der Waals surface area contributed by atoms with E-state index in [-0.39, 0.29) is 5.91 Å². The third kappa shape index (κ3) is 4.03. The average molecular weight is 279 g/mol. The van der Waals surface area contributed by atoms with Crippen LogP contribution in [0.15, 0.2) is 40.8 Å². The molecule has 0 aliphatic carbocycles. The van der Waals surface area contributed by atoms with Gasteiger partial charge >= 0.3 is 0 Å². The second-order valence-electron chi connectivity index (χ2n) is 4.11. The molecule has 0 bridgehead atoms. The fourth-order valence-electron chi connectivity index (χ4n) is 1.65. The lowest BCUT2D eigenvalue weighted by atomic mass is 10.1. The van der Waals surface area contributed by atoms with Crippen LogP contribution in [-0.2, 0) is 17.8 Å². The van der Waals surface area contributed by atoms with Crippen molar-refractivity contribution in [3.05, 3.63) is 52.9 Å². The highest BCUT2D eigenvalue weighted by atomic mass is 35.5. The van der Waals surface area contributed by atoms with Gasteiger partial charge in [0.15, 0.2) is 5.22 Å². The van der Waals surface area contributed by atoms with Crippen molar-refractivity contribution in [2.24, 2.45) is 0 Å². The van der Waals surface area contributed by atoms with E-state index in [1.807, 2.05) is 30.3 Å². The minimum Gasteiger partial charge on any atom is -0.448 e. The van der Waals surface area contributed by atoms with Crippen molar-refractivity contribution >= 4 is 23.2 Å². The number of nitrogens with one attached hydrogen (secondary N) is 2. The Kier molecular flexibility index (Phi) is 4.47. The number of anilines is 1. The zero-order valence-corrected chi connectivity index (χ0v) is 11.3. The maximum absolute atomic E-state index is 11.2. The predicted molar refractivity (Wildman–Crippen MR) is 75.3 cm³/mol. The normalized spacial score (nSPS) is 10.2. The highest BCUT2D eigenvalue weighted by molar-refractivity contribution is 6.28. The number of rotatable bonds is 5. The van der Waals surface area contributed by atoms with Gasteiger partial charge in [0.2, 0.25) is 5.91 Å².